The van der Waals surface area contributed by atoms with Crippen molar-refractivity contribution in [2.24, 2.45) is 0 Å². The lowest BCUT2D eigenvalue weighted by atomic mass is 9.94. The largest absolute Gasteiger partial charge is 0.604 e. The number of aliphatic carboxylic acids is 1. The van der Waals surface area contributed by atoms with E-state index in [0.717, 1.165) is 5.56 Å². The molecule has 0 aliphatic rings. The topological polar surface area (TPSA) is 229 Å². The second kappa shape index (κ2) is 19.6. The molecule has 1 amide bonds. The van der Waals surface area contributed by atoms with Crippen molar-refractivity contribution in [2.45, 2.75) is 51.6 Å². The number of terminal acetylenes is 2. The fourth-order valence-corrected chi connectivity index (χ4v) is 6.43. The zero-order chi connectivity index (χ0) is 41.7. The van der Waals surface area contributed by atoms with Crippen LogP contribution in [0.3, 0.4) is 0 Å². The number of nitrogens with zero attached hydrogens (tertiary/aromatic N) is 3. The van der Waals surface area contributed by atoms with Crippen LogP contribution in [0.15, 0.2) is 83.8 Å². The van der Waals surface area contributed by atoms with Crippen molar-refractivity contribution in [3.8, 4) is 25.1 Å². The number of rotatable bonds is 20. The summed E-state index contributed by atoms with van der Waals surface area (Å²) in [5, 5.41) is 15.4. The summed E-state index contributed by atoms with van der Waals surface area (Å²) in [4.78, 5) is 78.9. The molecular formula is C41H37N6O10P. The third kappa shape index (κ3) is 11.7. The van der Waals surface area contributed by atoms with Gasteiger partial charge >= 0.3 is 13.8 Å². The Morgan fingerprint density at radius 1 is 0.931 bits per heavy atom. The molecule has 0 radical (unpaired) electrons. The van der Waals surface area contributed by atoms with E-state index in [4.69, 9.17) is 17.4 Å². The van der Waals surface area contributed by atoms with E-state index in [1.807, 2.05) is 0 Å². The average Bonchev–Trinajstić information content (AvgIpc) is 3.19. The summed E-state index contributed by atoms with van der Waals surface area (Å²) in [6.45, 7) is 1.81. The first-order valence-corrected chi connectivity index (χ1v) is 19.2. The fourth-order valence-electron chi connectivity index (χ4n) is 5.71. The molecule has 2 heterocycles. The van der Waals surface area contributed by atoms with E-state index in [1.54, 1.807) is 79.8 Å². The number of Topliss-reactive ketones (excluding diaryl/α,β-unsaturated/α-hetero) is 2. The monoisotopic (exact) mass is 804 g/mol. The highest BCUT2D eigenvalue weighted by molar-refractivity contribution is 7.48. The van der Waals surface area contributed by atoms with Crippen molar-refractivity contribution in [3.05, 3.63) is 129 Å². The van der Waals surface area contributed by atoms with Crippen molar-refractivity contribution >= 4 is 48.1 Å². The van der Waals surface area contributed by atoms with Gasteiger partial charge in [0.1, 0.15) is 29.9 Å². The van der Waals surface area contributed by atoms with E-state index in [2.05, 4.69) is 39.6 Å². The van der Waals surface area contributed by atoms with E-state index in [0.29, 0.717) is 40.3 Å². The van der Waals surface area contributed by atoms with E-state index < -0.39 is 31.3 Å². The van der Waals surface area contributed by atoms with Crippen LogP contribution < -0.4 is 16.2 Å². The van der Waals surface area contributed by atoms with Crippen LogP contribution in [0.2, 0.25) is 0 Å². The van der Waals surface area contributed by atoms with Crippen LogP contribution in [-0.2, 0) is 53.5 Å². The summed E-state index contributed by atoms with van der Waals surface area (Å²) in [5.41, 5.74) is 3.65. The van der Waals surface area contributed by atoms with Crippen molar-refractivity contribution < 1.29 is 42.4 Å². The van der Waals surface area contributed by atoms with Gasteiger partial charge in [0, 0.05) is 36.1 Å². The predicted molar refractivity (Wildman–Crippen MR) is 211 cm³/mol. The summed E-state index contributed by atoms with van der Waals surface area (Å²) >= 11 is 0. The number of carbonyl (C=O) groups excluding carboxylic acids is 3. The number of carboxylic acid groups (broad SMARTS) is 1. The first kappa shape index (κ1) is 42.0. The van der Waals surface area contributed by atoms with Crippen LogP contribution in [-0.4, -0.2) is 61.1 Å². The molecule has 17 heteroatoms. The Morgan fingerprint density at radius 3 is 2.31 bits per heavy atom. The fraction of sp³-hybridized carbons (Fsp3) is 0.220. The molecule has 5 aromatic rings. The number of benzene rings is 3. The number of nitrogens with one attached hydrogen (secondary N) is 3. The van der Waals surface area contributed by atoms with Gasteiger partial charge in [0.05, 0.1) is 25.0 Å². The molecule has 0 fully saturated rings. The van der Waals surface area contributed by atoms with E-state index in [1.165, 1.54) is 18.3 Å². The highest BCUT2D eigenvalue weighted by Crippen LogP contribution is 2.48. The number of hydrogen-bond acceptors (Lipinski definition) is 13. The lowest BCUT2D eigenvalue weighted by Crippen LogP contribution is -2.41. The molecule has 1 atom stereocenters. The molecule has 58 heavy (non-hydrogen) atoms. The van der Waals surface area contributed by atoms with Crippen molar-refractivity contribution in [3.63, 3.8) is 0 Å². The van der Waals surface area contributed by atoms with Gasteiger partial charge in [-0.05, 0) is 60.7 Å². The van der Waals surface area contributed by atoms with Gasteiger partial charge in [-0.2, -0.15) is 0 Å². The minimum atomic E-state index is -4.08. The zero-order valence-electron chi connectivity index (χ0n) is 31.1. The molecule has 0 spiro atoms. The molecule has 2 aromatic heterocycles. The molecule has 0 aliphatic carbocycles. The molecule has 5 rings (SSSR count). The lowest BCUT2D eigenvalue weighted by molar-refractivity contribution is -0.139. The molecule has 0 aliphatic heterocycles. The maximum atomic E-state index is 13.3. The Hall–Kier alpha value is -7.13. The first-order chi connectivity index (χ1) is 27.9. The summed E-state index contributed by atoms with van der Waals surface area (Å²) in [5.74, 6) is -2.03. The van der Waals surface area contributed by atoms with Gasteiger partial charge in [-0.1, -0.05) is 61.4 Å². The molecule has 16 nitrogen and oxygen atoms in total. The van der Waals surface area contributed by atoms with Gasteiger partial charge in [-0.15, -0.1) is 0 Å². The molecular weight excluding hydrogens is 767 g/mol. The van der Waals surface area contributed by atoms with Crippen LogP contribution in [0.1, 0.15) is 61.8 Å². The number of aromatic nitrogens is 4. The number of aryl methyl sites for hydroxylation is 1. The van der Waals surface area contributed by atoms with Crippen LogP contribution in [0.25, 0.3) is 11.2 Å². The lowest BCUT2D eigenvalue weighted by Gasteiger charge is -2.15. The number of anilines is 1. The van der Waals surface area contributed by atoms with Crippen LogP contribution in [0.4, 0.5) is 5.69 Å². The van der Waals surface area contributed by atoms with Gasteiger partial charge in [-0.25, -0.2) is 24.3 Å². The highest BCUT2D eigenvalue weighted by Gasteiger charge is 2.28. The molecule has 0 unspecified atom stereocenters. The summed E-state index contributed by atoms with van der Waals surface area (Å²) in [6.07, 6.45) is 14.9. The highest BCUT2D eigenvalue weighted by atomic mass is 31.2. The number of hydrogen-bond donors (Lipinski definition) is 4. The van der Waals surface area contributed by atoms with Gasteiger partial charge < -0.3 is 29.8 Å². The predicted octanol–water partition coefficient (Wildman–Crippen LogP) is 4.72. The summed E-state index contributed by atoms with van der Waals surface area (Å²) in [7, 11) is -4.08. The summed E-state index contributed by atoms with van der Waals surface area (Å²) < 4.78 is 26.4. The number of carbonyl (C=O) groups is 4. The standard InChI is InChI=1S/C41H37N6O10P/c1-4-55-58(54,56-5-2)57-21-20-27-10-12-28(13-11-27)22-36(49)34-9-7-6-8-30(34)23-33(48)18-19-35(41(52)53)47-39(50)29-14-16-31(17-15-29)42-24-32-25-43-38-37(46-32)40(51)45-26(3)44-38/h1-2,6-17,25,35,42H,18-24H2,3H3,(H,47,50)(H,52,53)(H,43,44,45,51)/t35-/m0/s1. The number of aromatic amines is 1. The number of carboxylic acids is 1. The number of H-pyrrole nitrogens is 1. The molecule has 3 aromatic carbocycles. The van der Waals surface area contributed by atoms with Gasteiger partial charge in [0.15, 0.2) is 16.9 Å². The Morgan fingerprint density at radius 2 is 1.62 bits per heavy atom. The third-order valence-corrected chi connectivity index (χ3v) is 9.74. The SMILES string of the molecule is C#COP(=O)(OC#C)OCCc1ccc(CC(=O)c2ccccc2CC(=O)CC[C@H](NC(=O)c2ccc(NCc3cnc4nc(C)[nH]c(=O)c4n3)cc2)C(=O)O)cc1. The average molecular weight is 805 g/mol. The van der Waals surface area contributed by atoms with Gasteiger partial charge in [0.2, 0.25) is 0 Å². The Balaban J connectivity index is 1.10. The van der Waals surface area contributed by atoms with Crippen molar-refractivity contribution in [2.75, 3.05) is 11.9 Å². The van der Waals surface area contributed by atoms with Crippen LogP contribution in [0.5, 0.6) is 0 Å². The smallest absolute Gasteiger partial charge is 0.480 e. The maximum absolute atomic E-state index is 13.3. The van der Waals surface area contributed by atoms with Gasteiger partial charge in [0.25, 0.3) is 11.5 Å². The third-order valence-electron chi connectivity index (χ3n) is 8.58. The van der Waals surface area contributed by atoms with Gasteiger partial charge in [-0.3, -0.25) is 23.7 Å². The number of ketones is 2. The number of fused-ring (bicyclic) bond motifs is 1. The number of amides is 1. The van der Waals surface area contributed by atoms with E-state index in [-0.39, 0.29) is 67.1 Å². The molecule has 4 N–H and O–H groups in total. The van der Waals surface area contributed by atoms with Crippen molar-refractivity contribution in [1.82, 2.24) is 25.3 Å². The minimum absolute atomic E-state index is 0.0481. The molecule has 0 bridgehead atoms. The molecule has 0 saturated heterocycles. The quantitative estimate of drug-likeness (QED) is 0.0475. The Bertz CT molecular complexity index is 2490. The normalized spacial score (nSPS) is 11.4. The van der Waals surface area contributed by atoms with Crippen molar-refractivity contribution in [1.29, 1.82) is 0 Å². The Kier molecular flexibility index (Phi) is 14.2. The van der Waals surface area contributed by atoms with E-state index >= 15 is 0 Å². The second-order valence-corrected chi connectivity index (χ2v) is 14.3. The Labute approximate surface area is 332 Å². The first-order valence-electron chi connectivity index (χ1n) is 17.7. The summed E-state index contributed by atoms with van der Waals surface area (Å²) in [6, 6.07) is 18.7. The molecule has 0 saturated carbocycles. The van der Waals surface area contributed by atoms with Crippen LogP contribution >= 0.6 is 7.82 Å². The van der Waals surface area contributed by atoms with Crippen LogP contribution in [0, 0.1) is 32.0 Å². The zero-order valence-corrected chi connectivity index (χ0v) is 32.0. The second-order valence-electron chi connectivity index (χ2n) is 12.8. The number of phosphoric acid groups is 1. The number of phosphoric ester groups is 1. The van der Waals surface area contributed by atoms with E-state index in [9.17, 15) is 33.6 Å². The maximum Gasteiger partial charge on any atom is 0.604 e. The molecule has 296 valence electrons. The minimum Gasteiger partial charge on any atom is -0.480 e.